The summed E-state index contributed by atoms with van der Waals surface area (Å²) in [6, 6.07) is 6.59. The molecule has 1 aliphatic rings. The zero-order valence-corrected chi connectivity index (χ0v) is 15.0. The van der Waals surface area contributed by atoms with Gasteiger partial charge in [0, 0.05) is 45.9 Å². The number of piperazine rings is 1. The molecular weight excluding hydrogens is 324 g/mol. The Morgan fingerprint density at radius 2 is 2.12 bits per heavy atom. The fraction of sp³-hybridized carbons (Fsp3) is 0.556. The van der Waals surface area contributed by atoms with Gasteiger partial charge in [-0.25, -0.2) is 0 Å². The number of hydrogen-bond donors (Lipinski definition) is 1. The van der Waals surface area contributed by atoms with Crippen molar-refractivity contribution < 1.29 is 14.3 Å². The minimum atomic E-state index is 0.234. The van der Waals surface area contributed by atoms with Crippen molar-refractivity contribution in [3.8, 4) is 0 Å². The summed E-state index contributed by atoms with van der Waals surface area (Å²) in [5.74, 6) is 1.85. The maximum Gasteiger partial charge on any atom is 0.129 e. The van der Waals surface area contributed by atoms with Crippen LogP contribution in [0.2, 0.25) is 0 Å². The Hall–Kier alpha value is -1.18. The molecule has 0 unspecified atom stereocenters. The summed E-state index contributed by atoms with van der Waals surface area (Å²) in [5.41, 5.74) is 1.37. The zero-order chi connectivity index (χ0) is 16.8. The molecular formula is C18H26N2O3S. The van der Waals surface area contributed by atoms with Crippen LogP contribution in [0.25, 0.3) is 0 Å². The fourth-order valence-corrected chi connectivity index (χ4v) is 3.96. The normalized spacial score (nSPS) is 19.8. The van der Waals surface area contributed by atoms with Gasteiger partial charge in [-0.3, -0.25) is 9.80 Å². The third-order valence-electron chi connectivity index (χ3n) is 4.50. The van der Waals surface area contributed by atoms with Gasteiger partial charge in [0.05, 0.1) is 6.54 Å². The quantitative estimate of drug-likeness (QED) is 0.793. The Labute approximate surface area is 147 Å². The van der Waals surface area contributed by atoms with Gasteiger partial charge in [-0.1, -0.05) is 0 Å². The lowest BCUT2D eigenvalue weighted by Gasteiger charge is -2.41. The summed E-state index contributed by atoms with van der Waals surface area (Å²) >= 11 is 1.74. The lowest BCUT2D eigenvalue weighted by molar-refractivity contribution is 0.0463. The SMILES string of the molecule is COCc1ccc(CN2CCN(Cc3ccsc3)[C@@H](CCO)C2)o1. The molecule has 0 spiro atoms. The van der Waals surface area contributed by atoms with Crippen molar-refractivity contribution in [2.45, 2.75) is 32.2 Å². The van der Waals surface area contributed by atoms with E-state index < -0.39 is 0 Å². The van der Waals surface area contributed by atoms with Gasteiger partial charge >= 0.3 is 0 Å². The van der Waals surface area contributed by atoms with Crippen LogP contribution in [0.4, 0.5) is 0 Å². The summed E-state index contributed by atoms with van der Waals surface area (Å²) < 4.78 is 10.9. The number of aliphatic hydroxyl groups is 1. The van der Waals surface area contributed by atoms with E-state index in [9.17, 15) is 5.11 Å². The molecule has 0 bridgehead atoms. The van der Waals surface area contributed by atoms with Crippen molar-refractivity contribution in [3.63, 3.8) is 0 Å². The van der Waals surface area contributed by atoms with Crippen LogP contribution in [0.3, 0.4) is 0 Å². The molecule has 5 nitrogen and oxygen atoms in total. The first kappa shape index (κ1) is 17.6. The van der Waals surface area contributed by atoms with Crippen LogP contribution in [0.5, 0.6) is 0 Å². The number of rotatable bonds is 8. The highest BCUT2D eigenvalue weighted by Crippen LogP contribution is 2.20. The summed E-state index contributed by atoms with van der Waals surface area (Å²) in [6.45, 7) is 5.54. The lowest BCUT2D eigenvalue weighted by Crippen LogP contribution is -2.52. The minimum absolute atomic E-state index is 0.234. The van der Waals surface area contributed by atoms with E-state index in [-0.39, 0.29) is 6.61 Å². The van der Waals surface area contributed by atoms with E-state index in [1.165, 1.54) is 5.56 Å². The van der Waals surface area contributed by atoms with Crippen LogP contribution in [-0.4, -0.2) is 54.3 Å². The van der Waals surface area contributed by atoms with Gasteiger partial charge in [-0.15, -0.1) is 0 Å². The summed E-state index contributed by atoms with van der Waals surface area (Å²) in [4.78, 5) is 4.91. The monoisotopic (exact) mass is 350 g/mol. The molecule has 1 N–H and O–H groups in total. The number of methoxy groups -OCH3 is 1. The van der Waals surface area contributed by atoms with Crippen molar-refractivity contribution in [1.29, 1.82) is 0 Å². The van der Waals surface area contributed by atoms with E-state index >= 15 is 0 Å². The van der Waals surface area contributed by atoms with Crippen LogP contribution < -0.4 is 0 Å². The zero-order valence-electron chi connectivity index (χ0n) is 14.2. The average Bonchev–Trinajstić information content (AvgIpc) is 3.23. The van der Waals surface area contributed by atoms with E-state index in [1.54, 1.807) is 18.4 Å². The van der Waals surface area contributed by atoms with Gasteiger partial charge in [-0.05, 0) is 40.9 Å². The Balaban J connectivity index is 1.57. The molecule has 0 radical (unpaired) electrons. The highest BCUT2D eigenvalue weighted by atomic mass is 32.1. The molecule has 0 aliphatic carbocycles. The third-order valence-corrected chi connectivity index (χ3v) is 5.23. The maximum absolute atomic E-state index is 9.43. The number of furan rings is 1. The first-order valence-electron chi connectivity index (χ1n) is 8.43. The topological polar surface area (TPSA) is 49.1 Å². The molecule has 0 saturated carbocycles. The van der Waals surface area contributed by atoms with Crippen LogP contribution in [-0.2, 0) is 24.4 Å². The molecule has 2 aromatic heterocycles. The first-order chi connectivity index (χ1) is 11.8. The van der Waals surface area contributed by atoms with Crippen LogP contribution in [0.15, 0.2) is 33.4 Å². The number of ether oxygens (including phenoxy) is 1. The van der Waals surface area contributed by atoms with Gasteiger partial charge in [0.2, 0.25) is 0 Å². The van der Waals surface area contributed by atoms with E-state index in [0.29, 0.717) is 12.6 Å². The van der Waals surface area contributed by atoms with Crippen molar-refractivity contribution in [2.24, 2.45) is 0 Å². The second-order valence-corrected chi connectivity index (χ2v) is 7.08. The molecule has 2 aromatic rings. The molecule has 0 aromatic carbocycles. The van der Waals surface area contributed by atoms with E-state index in [2.05, 4.69) is 26.6 Å². The van der Waals surface area contributed by atoms with E-state index in [4.69, 9.17) is 9.15 Å². The molecule has 1 atom stereocenters. The third kappa shape index (κ3) is 4.68. The molecule has 132 valence electrons. The molecule has 3 heterocycles. The fourth-order valence-electron chi connectivity index (χ4n) is 3.30. The number of thiophene rings is 1. The number of nitrogens with zero attached hydrogens (tertiary/aromatic N) is 2. The highest BCUT2D eigenvalue weighted by molar-refractivity contribution is 7.07. The van der Waals surface area contributed by atoms with Crippen molar-refractivity contribution in [2.75, 3.05) is 33.4 Å². The minimum Gasteiger partial charge on any atom is -0.462 e. The molecule has 1 fully saturated rings. The summed E-state index contributed by atoms with van der Waals surface area (Å²) in [6.07, 6.45) is 0.813. The largest absolute Gasteiger partial charge is 0.462 e. The summed E-state index contributed by atoms with van der Waals surface area (Å²) in [5, 5.41) is 13.8. The van der Waals surface area contributed by atoms with Crippen LogP contribution in [0.1, 0.15) is 23.5 Å². The van der Waals surface area contributed by atoms with Gasteiger partial charge in [0.15, 0.2) is 0 Å². The van der Waals surface area contributed by atoms with Crippen LogP contribution in [0, 0.1) is 0 Å². The molecule has 1 saturated heterocycles. The van der Waals surface area contributed by atoms with Crippen LogP contribution >= 0.6 is 11.3 Å². The first-order valence-corrected chi connectivity index (χ1v) is 9.37. The van der Waals surface area contributed by atoms with Gasteiger partial charge < -0.3 is 14.3 Å². The number of aliphatic hydroxyl groups excluding tert-OH is 1. The maximum atomic E-state index is 9.43. The predicted octanol–water partition coefficient (Wildman–Crippen LogP) is 2.56. The highest BCUT2D eigenvalue weighted by Gasteiger charge is 2.27. The Kier molecular flexibility index (Phi) is 6.45. The smallest absolute Gasteiger partial charge is 0.129 e. The molecule has 0 amide bonds. The standard InChI is InChI=1S/C18H26N2O3S/c1-22-13-18-3-2-17(23-18)12-19-6-7-20(16(11-19)4-8-21)10-15-5-9-24-14-15/h2-3,5,9,14,16,21H,4,6-8,10-13H2,1H3/t16-/m0/s1. The summed E-state index contributed by atoms with van der Waals surface area (Å²) in [7, 11) is 1.67. The van der Waals surface area contributed by atoms with Gasteiger partial charge in [0.25, 0.3) is 0 Å². The Morgan fingerprint density at radius 1 is 1.25 bits per heavy atom. The molecule has 24 heavy (non-hydrogen) atoms. The van der Waals surface area contributed by atoms with Crippen molar-refractivity contribution in [3.05, 3.63) is 46.0 Å². The Morgan fingerprint density at radius 3 is 2.88 bits per heavy atom. The number of hydrogen-bond acceptors (Lipinski definition) is 6. The Bertz CT molecular complexity index is 599. The molecule has 3 rings (SSSR count). The second kappa shape index (κ2) is 8.78. The molecule has 1 aliphatic heterocycles. The van der Waals surface area contributed by atoms with Crippen molar-refractivity contribution >= 4 is 11.3 Å². The van der Waals surface area contributed by atoms with Gasteiger partial charge in [0.1, 0.15) is 18.1 Å². The average molecular weight is 350 g/mol. The predicted molar refractivity (Wildman–Crippen MR) is 94.9 cm³/mol. The molecule has 6 heteroatoms. The van der Waals surface area contributed by atoms with Gasteiger partial charge in [-0.2, -0.15) is 11.3 Å². The lowest BCUT2D eigenvalue weighted by atomic mass is 10.1. The second-order valence-electron chi connectivity index (χ2n) is 6.30. The van der Waals surface area contributed by atoms with Crippen molar-refractivity contribution in [1.82, 2.24) is 9.80 Å². The van der Waals surface area contributed by atoms with E-state index in [0.717, 1.165) is 50.7 Å². The van der Waals surface area contributed by atoms with E-state index in [1.807, 2.05) is 12.1 Å².